The van der Waals surface area contributed by atoms with Crippen molar-refractivity contribution in [3.05, 3.63) is 135 Å². The monoisotopic (exact) mass is 676 g/mol. The average molecular weight is 678 g/mol. The molecule has 0 bridgehead atoms. The summed E-state index contributed by atoms with van der Waals surface area (Å²) in [6.45, 7) is 0. The Morgan fingerprint density at radius 1 is 0.889 bits per heavy atom. The van der Waals surface area contributed by atoms with E-state index in [0.717, 1.165) is 10.5 Å². The van der Waals surface area contributed by atoms with Gasteiger partial charge in [0.15, 0.2) is 5.13 Å². The first-order chi connectivity index (χ1) is 21.7. The number of amides is 3. The number of nitrogens with one attached hydrogen (secondary N) is 3. The normalized spacial score (nSPS) is 11.1. The summed E-state index contributed by atoms with van der Waals surface area (Å²) in [5, 5.41) is 11.2. The minimum absolute atomic E-state index is 0.0334. The van der Waals surface area contributed by atoms with Crippen LogP contribution in [0.1, 0.15) is 15.9 Å². The van der Waals surface area contributed by atoms with Crippen molar-refractivity contribution in [3.8, 4) is 11.3 Å². The van der Waals surface area contributed by atoms with Gasteiger partial charge in [0.2, 0.25) is 5.91 Å². The van der Waals surface area contributed by atoms with Crippen LogP contribution in [0.15, 0.2) is 113 Å². The van der Waals surface area contributed by atoms with Crippen LogP contribution in [0, 0.1) is 5.82 Å². The van der Waals surface area contributed by atoms with Crippen LogP contribution in [0.5, 0.6) is 0 Å². The van der Waals surface area contributed by atoms with Gasteiger partial charge in [0.05, 0.1) is 11.4 Å². The maximum absolute atomic E-state index is 13.4. The van der Waals surface area contributed by atoms with E-state index >= 15 is 0 Å². The van der Waals surface area contributed by atoms with Crippen LogP contribution in [0.25, 0.3) is 17.3 Å². The first-order valence-corrected chi connectivity index (χ1v) is 15.9. The summed E-state index contributed by atoms with van der Waals surface area (Å²) in [6.07, 6.45) is 1.47. The molecule has 1 heterocycles. The summed E-state index contributed by atoms with van der Waals surface area (Å²) in [7, 11) is 0. The number of halogens is 3. The number of rotatable bonds is 10. The molecule has 1 aromatic heterocycles. The van der Waals surface area contributed by atoms with Crippen molar-refractivity contribution in [2.24, 2.45) is 0 Å². The zero-order chi connectivity index (χ0) is 31.8. The summed E-state index contributed by atoms with van der Waals surface area (Å²) in [6, 6.07) is 26.2. The lowest BCUT2D eigenvalue weighted by Gasteiger charge is -2.12. The van der Waals surface area contributed by atoms with Crippen molar-refractivity contribution in [1.82, 2.24) is 10.3 Å². The minimum atomic E-state index is -0.578. The van der Waals surface area contributed by atoms with E-state index in [1.807, 2.05) is 6.07 Å². The summed E-state index contributed by atoms with van der Waals surface area (Å²) >= 11 is 14.9. The maximum Gasteiger partial charge on any atom is 0.272 e. The largest absolute Gasteiger partial charge is 0.321 e. The van der Waals surface area contributed by atoms with Crippen LogP contribution in [-0.2, 0) is 9.59 Å². The second kappa shape index (κ2) is 15.0. The van der Waals surface area contributed by atoms with E-state index in [4.69, 9.17) is 23.2 Å². The number of nitrogens with zero attached hydrogens (tertiary/aromatic N) is 1. The molecule has 12 heteroatoms. The summed E-state index contributed by atoms with van der Waals surface area (Å²) in [5.41, 5.74) is 2.66. The van der Waals surface area contributed by atoms with Crippen LogP contribution < -0.4 is 16.0 Å². The Kier molecular flexibility index (Phi) is 10.6. The topological polar surface area (TPSA) is 100 Å². The Labute approximate surface area is 276 Å². The van der Waals surface area contributed by atoms with E-state index < -0.39 is 11.8 Å². The average Bonchev–Trinajstić information content (AvgIpc) is 3.50. The lowest BCUT2D eigenvalue weighted by Crippen LogP contribution is -2.30. The predicted octanol–water partition coefficient (Wildman–Crippen LogP) is 8.40. The van der Waals surface area contributed by atoms with Crippen molar-refractivity contribution in [2.45, 2.75) is 4.90 Å². The molecule has 45 heavy (non-hydrogen) atoms. The third kappa shape index (κ3) is 9.02. The minimum Gasteiger partial charge on any atom is -0.321 e. The Morgan fingerprint density at radius 3 is 2.42 bits per heavy atom. The van der Waals surface area contributed by atoms with Crippen molar-refractivity contribution >= 4 is 80.9 Å². The van der Waals surface area contributed by atoms with Gasteiger partial charge < -0.3 is 16.0 Å². The molecule has 0 aliphatic rings. The highest BCUT2D eigenvalue weighted by Crippen LogP contribution is 2.27. The van der Waals surface area contributed by atoms with Gasteiger partial charge in [-0.3, -0.25) is 14.4 Å². The SMILES string of the molecule is O=C(CSc1cccc(NC(=O)/C(=C\c2ccc(Cl)cc2Cl)NC(=O)c2ccccc2)c1)Nc1nc(-c2ccc(F)cc2)cs1. The molecule has 5 rings (SSSR count). The van der Waals surface area contributed by atoms with Crippen molar-refractivity contribution in [2.75, 3.05) is 16.4 Å². The number of hydrogen-bond donors (Lipinski definition) is 3. The standard InChI is InChI=1S/C33H23Cl2FN4O3S2/c34-23-12-9-22(27(35)16-23)15-28(38-31(42)21-5-2-1-3-6-21)32(43)37-25-7-4-8-26(17-25)44-19-30(41)40-33-39-29(18-45-33)20-10-13-24(36)14-11-20/h1-18H,19H2,(H,37,43)(H,38,42)(H,39,40,41)/b28-15+. The Bertz CT molecular complexity index is 1880. The van der Waals surface area contributed by atoms with Crippen LogP contribution >= 0.6 is 46.3 Å². The van der Waals surface area contributed by atoms with Gasteiger partial charge in [-0.25, -0.2) is 9.37 Å². The second-order valence-electron chi connectivity index (χ2n) is 9.41. The van der Waals surface area contributed by atoms with Gasteiger partial charge in [0.25, 0.3) is 11.8 Å². The maximum atomic E-state index is 13.4. The summed E-state index contributed by atoms with van der Waals surface area (Å²) in [4.78, 5) is 44.1. The molecule has 3 N–H and O–H groups in total. The fourth-order valence-corrected chi connectivity index (χ4v) is 5.92. The van der Waals surface area contributed by atoms with Crippen LogP contribution in [0.2, 0.25) is 10.0 Å². The molecule has 7 nitrogen and oxygen atoms in total. The molecule has 0 aliphatic heterocycles. The Morgan fingerprint density at radius 2 is 1.67 bits per heavy atom. The van der Waals surface area contributed by atoms with E-state index in [1.165, 1.54) is 41.3 Å². The van der Waals surface area contributed by atoms with Gasteiger partial charge in [-0.2, -0.15) is 0 Å². The highest BCUT2D eigenvalue weighted by molar-refractivity contribution is 8.00. The van der Waals surface area contributed by atoms with Crippen LogP contribution in [0.3, 0.4) is 0 Å². The molecule has 0 spiro atoms. The van der Waals surface area contributed by atoms with Crippen molar-refractivity contribution < 1.29 is 18.8 Å². The van der Waals surface area contributed by atoms with E-state index in [0.29, 0.717) is 37.7 Å². The number of benzene rings is 4. The van der Waals surface area contributed by atoms with Crippen molar-refractivity contribution in [3.63, 3.8) is 0 Å². The predicted molar refractivity (Wildman–Crippen MR) is 180 cm³/mol. The molecular weight excluding hydrogens is 654 g/mol. The quantitative estimate of drug-likeness (QED) is 0.102. The lowest BCUT2D eigenvalue weighted by atomic mass is 10.1. The molecular formula is C33H23Cl2FN4O3S2. The van der Waals surface area contributed by atoms with E-state index in [9.17, 15) is 18.8 Å². The molecule has 3 amide bonds. The molecule has 0 saturated heterocycles. The second-order valence-corrected chi connectivity index (χ2v) is 12.2. The zero-order valence-electron chi connectivity index (χ0n) is 23.2. The number of thioether (sulfide) groups is 1. The van der Waals surface area contributed by atoms with Crippen LogP contribution in [0.4, 0.5) is 15.2 Å². The van der Waals surface area contributed by atoms with Gasteiger partial charge in [0, 0.05) is 37.1 Å². The fraction of sp³-hybridized carbons (Fsp3) is 0.0303. The summed E-state index contributed by atoms with van der Waals surface area (Å²) < 4.78 is 13.2. The molecule has 226 valence electrons. The van der Waals surface area contributed by atoms with Crippen molar-refractivity contribution in [1.29, 1.82) is 0 Å². The number of anilines is 2. The Hall–Kier alpha value is -4.48. The van der Waals surface area contributed by atoms with Gasteiger partial charge in [-0.05, 0) is 78.4 Å². The number of aromatic nitrogens is 1. The highest BCUT2D eigenvalue weighted by Gasteiger charge is 2.16. The molecule has 0 fully saturated rings. The fourth-order valence-electron chi connectivity index (χ4n) is 3.97. The molecule has 0 saturated carbocycles. The Balaban J connectivity index is 1.24. The number of hydrogen-bond acceptors (Lipinski definition) is 6. The van der Waals surface area contributed by atoms with E-state index in [2.05, 4.69) is 20.9 Å². The van der Waals surface area contributed by atoms with Crippen LogP contribution in [-0.4, -0.2) is 28.5 Å². The molecule has 4 aromatic carbocycles. The van der Waals surface area contributed by atoms with Gasteiger partial charge in [0.1, 0.15) is 11.5 Å². The first-order valence-electron chi connectivity index (χ1n) is 13.3. The molecule has 0 atom stereocenters. The first kappa shape index (κ1) is 31.9. The van der Waals surface area contributed by atoms with E-state index in [-0.39, 0.29) is 23.2 Å². The number of carbonyl (C=O) groups excluding carboxylic acids is 3. The smallest absolute Gasteiger partial charge is 0.272 e. The van der Waals surface area contributed by atoms with Gasteiger partial charge in [-0.1, -0.05) is 53.5 Å². The number of thiazole rings is 1. The zero-order valence-corrected chi connectivity index (χ0v) is 26.4. The number of carbonyl (C=O) groups is 3. The third-order valence-electron chi connectivity index (χ3n) is 6.14. The molecule has 0 unspecified atom stereocenters. The highest BCUT2D eigenvalue weighted by atomic mass is 35.5. The summed E-state index contributed by atoms with van der Waals surface area (Å²) in [5.74, 6) is -1.55. The molecule has 0 aliphatic carbocycles. The van der Waals surface area contributed by atoms with Gasteiger partial charge in [-0.15, -0.1) is 23.1 Å². The molecule has 5 aromatic rings. The van der Waals surface area contributed by atoms with Gasteiger partial charge >= 0.3 is 0 Å². The molecule has 0 radical (unpaired) electrons. The van der Waals surface area contributed by atoms with E-state index in [1.54, 1.807) is 84.2 Å². The lowest BCUT2D eigenvalue weighted by molar-refractivity contribution is -0.114. The third-order valence-corrected chi connectivity index (χ3v) is 8.46.